The second-order valence-corrected chi connectivity index (χ2v) is 5.99. The molecule has 3 nitrogen and oxygen atoms in total. The Hall–Kier alpha value is -0.870. The summed E-state index contributed by atoms with van der Waals surface area (Å²) in [5, 5.41) is 6.20. The van der Waals surface area contributed by atoms with Crippen LogP contribution in [-0.4, -0.2) is 19.5 Å². The topological polar surface area (TPSA) is 41.1 Å². The van der Waals surface area contributed by atoms with Crippen molar-refractivity contribution in [3.63, 3.8) is 0 Å². The van der Waals surface area contributed by atoms with Gasteiger partial charge in [0.25, 0.3) is 0 Å². The molecule has 2 rings (SSSR count). The van der Waals surface area contributed by atoms with Crippen LogP contribution in [0, 0.1) is 12.3 Å². The molecule has 1 amide bonds. The Bertz CT molecular complexity index is 455. The number of nitrogens with one attached hydrogen (secondary N) is 2. The third-order valence-corrected chi connectivity index (χ3v) is 4.24. The summed E-state index contributed by atoms with van der Waals surface area (Å²) in [6, 6.07) is 5.91. The highest BCUT2D eigenvalue weighted by Gasteiger charge is 2.43. The Labute approximate surface area is 116 Å². The lowest BCUT2D eigenvalue weighted by molar-refractivity contribution is -0.129. The highest BCUT2D eigenvalue weighted by atomic mass is 79.9. The summed E-state index contributed by atoms with van der Waals surface area (Å²) < 4.78 is 1.03. The van der Waals surface area contributed by atoms with Gasteiger partial charge < -0.3 is 10.6 Å². The molecule has 0 aromatic heterocycles. The fourth-order valence-electron chi connectivity index (χ4n) is 2.45. The fraction of sp³-hybridized carbons (Fsp3) is 0.500. The van der Waals surface area contributed by atoms with Gasteiger partial charge >= 0.3 is 0 Å². The zero-order valence-corrected chi connectivity index (χ0v) is 12.4. The summed E-state index contributed by atoms with van der Waals surface area (Å²) >= 11 is 3.43. The Morgan fingerprint density at radius 3 is 2.67 bits per heavy atom. The molecule has 18 heavy (non-hydrogen) atoms. The fourth-order valence-corrected chi connectivity index (χ4v) is 2.92. The van der Waals surface area contributed by atoms with Gasteiger partial charge in [-0.15, -0.1) is 0 Å². The molecule has 1 aliphatic rings. The van der Waals surface area contributed by atoms with Crippen LogP contribution in [0.25, 0.3) is 0 Å². The number of halogens is 1. The van der Waals surface area contributed by atoms with Gasteiger partial charge in [-0.1, -0.05) is 22.4 Å². The van der Waals surface area contributed by atoms with E-state index in [0.717, 1.165) is 41.5 Å². The van der Waals surface area contributed by atoms with Crippen molar-refractivity contribution in [1.29, 1.82) is 0 Å². The van der Waals surface area contributed by atoms with E-state index in [1.165, 1.54) is 0 Å². The van der Waals surface area contributed by atoms with Crippen molar-refractivity contribution in [2.24, 2.45) is 5.41 Å². The average Bonchev–Trinajstić information content (AvgIpc) is 2.27. The number of amides is 1. The Morgan fingerprint density at radius 1 is 1.44 bits per heavy atom. The zero-order valence-electron chi connectivity index (χ0n) is 10.8. The third kappa shape index (κ3) is 2.59. The Kier molecular flexibility index (Phi) is 4.07. The first kappa shape index (κ1) is 13.6. The van der Waals surface area contributed by atoms with Crippen LogP contribution in [-0.2, 0) is 4.79 Å². The first-order valence-corrected chi connectivity index (χ1v) is 7.09. The minimum Gasteiger partial charge on any atom is -0.325 e. The molecule has 0 radical (unpaired) electrons. The SMILES string of the molecule is CNCC1(C(=O)Nc2ccc(Br)cc2C)CCC1. The van der Waals surface area contributed by atoms with Crippen molar-refractivity contribution in [3.05, 3.63) is 28.2 Å². The first-order chi connectivity index (χ1) is 8.57. The predicted octanol–water partition coefficient (Wildman–Crippen LogP) is 3.09. The molecule has 4 heteroatoms. The van der Waals surface area contributed by atoms with E-state index in [9.17, 15) is 4.79 Å². The molecule has 0 spiro atoms. The molecule has 0 heterocycles. The third-order valence-electron chi connectivity index (χ3n) is 3.74. The number of carbonyl (C=O) groups excluding carboxylic acids is 1. The number of aryl methyl sites for hydroxylation is 1. The zero-order chi connectivity index (χ0) is 13.2. The molecule has 0 unspecified atom stereocenters. The van der Waals surface area contributed by atoms with Crippen LogP contribution in [0.15, 0.2) is 22.7 Å². The van der Waals surface area contributed by atoms with Gasteiger partial charge in [-0.05, 0) is 50.6 Å². The molecule has 1 fully saturated rings. The van der Waals surface area contributed by atoms with E-state index in [4.69, 9.17) is 0 Å². The molecule has 0 saturated heterocycles. The van der Waals surface area contributed by atoms with Gasteiger partial charge in [-0.2, -0.15) is 0 Å². The highest BCUT2D eigenvalue weighted by molar-refractivity contribution is 9.10. The van der Waals surface area contributed by atoms with Crippen LogP contribution >= 0.6 is 15.9 Å². The molecule has 1 aromatic rings. The van der Waals surface area contributed by atoms with E-state index in [-0.39, 0.29) is 11.3 Å². The largest absolute Gasteiger partial charge is 0.325 e. The maximum absolute atomic E-state index is 12.4. The van der Waals surface area contributed by atoms with E-state index in [2.05, 4.69) is 26.6 Å². The summed E-state index contributed by atoms with van der Waals surface area (Å²) in [6.45, 7) is 2.76. The minimum absolute atomic E-state index is 0.147. The van der Waals surface area contributed by atoms with Gasteiger partial charge in [0.2, 0.25) is 5.91 Å². The van der Waals surface area contributed by atoms with E-state index in [1.807, 2.05) is 32.2 Å². The number of rotatable bonds is 4. The predicted molar refractivity (Wildman–Crippen MR) is 77.7 cm³/mol. The number of benzene rings is 1. The van der Waals surface area contributed by atoms with Crippen molar-refractivity contribution in [3.8, 4) is 0 Å². The first-order valence-electron chi connectivity index (χ1n) is 6.30. The lowest BCUT2D eigenvalue weighted by Crippen LogP contribution is -2.48. The van der Waals surface area contributed by atoms with Crippen LogP contribution in [0.4, 0.5) is 5.69 Å². The van der Waals surface area contributed by atoms with Crippen molar-refractivity contribution < 1.29 is 4.79 Å². The van der Waals surface area contributed by atoms with Gasteiger partial charge in [-0.25, -0.2) is 0 Å². The van der Waals surface area contributed by atoms with Crippen LogP contribution in [0.5, 0.6) is 0 Å². The molecule has 0 atom stereocenters. The van der Waals surface area contributed by atoms with Crippen LogP contribution < -0.4 is 10.6 Å². The highest BCUT2D eigenvalue weighted by Crippen LogP contribution is 2.41. The van der Waals surface area contributed by atoms with Gasteiger partial charge in [0.05, 0.1) is 5.41 Å². The lowest BCUT2D eigenvalue weighted by Gasteiger charge is -2.40. The monoisotopic (exact) mass is 310 g/mol. The Balaban J connectivity index is 2.11. The summed E-state index contributed by atoms with van der Waals surface area (Å²) in [5.41, 5.74) is 1.79. The molecular formula is C14H19BrN2O. The van der Waals surface area contributed by atoms with Crippen molar-refractivity contribution in [2.45, 2.75) is 26.2 Å². The van der Waals surface area contributed by atoms with E-state index in [1.54, 1.807) is 0 Å². The van der Waals surface area contributed by atoms with E-state index >= 15 is 0 Å². The van der Waals surface area contributed by atoms with Gasteiger partial charge in [0, 0.05) is 16.7 Å². The maximum atomic E-state index is 12.4. The Morgan fingerprint density at radius 2 is 2.17 bits per heavy atom. The summed E-state index contributed by atoms with van der Waals surface area (Å²) in [6.07, 6.45) is 3.11. The molecule has 2 N–H and O–H groups in total. The van der Waals surface area contributed by atoms with Crippen molar-refractivity contribution in [2.75, 3.05) is 18.9 Å². The normalized spacial score (nSPS) is 17.1. The summed E-state index contributed by atoms with van der Waals surface area (Å²) in [5.74, 6) is 0.147. The van der Waals surface area contributed by atoms with Gasteiger partial charge in [0.1, 0.15) is 0 Å². The van der Waals surface area contributed by atoms with Crippen LogP contribution in [0.2, 0.25) is 0 Å². The van der Waals surface area contributed by atoms with Crippen LogP contribution in [0.1, 0.15) is 24.8 Å². The number of hydrogen-bond acceptors (Lipinski definition) is 2. The molecule has 98 valence electrons. The van der Waals surface area contributed by atoms with E-state index in [0.29, 0.717) is 0 Å². The van der Waals surface area contributed by atoms with Crippen molar-refractivity contribution in [1.82, 2.24) is 5.32 Å². The number of carbonyl (C=O) groups is 1. The maximum Gasteiger partial charge on any atom is 0.231 e. The smallest absolute Gasteiger partial charge is 0.231 e. The van der Waals surface area contributed by atoms with E-state index < -0.39 is 0 Å². The molecule has 0 bridgehead atoms. The second-order valence-electron chi connectivity index (χ2n) is 5.08. The molecule has 1 saturated carbocycles. The number of anilines is 1. The molecule has 0 aliphatic heterocycles. The minimum atomic E-state index is -0.200. The molecule has 1 aromatic carbocycles. The standard InChI is InChI=1S/C14H19BrN2O/c1-10-8-11(15)4-5-12(10)17-13(18)14(9-16-2)6-3-7-14/h4-5,8,16H,3,6-7,9H2,1-2H3,(H,17,18). The van der Waals surface area contributed by atoms with Gasteiger partial charge in [0.15, 0.2) is 0 Å². The summed E-state index contributed by atoms with van der Waals surface area (Å²) in [7, 11) is 1.90. The second kappa shape index (κ2) is 5.41. The quantitative estimate of drug-likeness (QED) is 0.897. The van der Waals surface area contributed by atoms with Gasteiger partial charge in [-0.3, -0.25) is 4.79 Å². The number of hydrogen-bond donors (Lipinski definition) is 2. The van der Waals surface area contributed by atoms with Crippen molar-refractivity contribution >= 4 is 27.5 Å². The summed E-state index contributed by atoms with van der Waals surface area (Å²) in [4.78, 5) is 12.4. The molecular weight excluding hydrogens is 292 g/mol. The average molecular weight is 311 g/mol. The lowest BCUT2D eigenvalue weighted by atomic mass is 9.68. The molecule has 1 aliphatic carbocycles. The van der Waals surface area contributed by atoms with Crippen LogP contribution in [0.3, 0.4) is 0 Å².